The monoisotopic (exact) mass is 235 g/mol. The molecule has 0 aromatic heterocycles. The van der Waals surface area contributed by atoms with E-state index in [1.54, 1.807) is 0 Å². The van der Waals surface area contributed by atoms with Crippen LogP contribution in [-0.2, 0) is 9.53 Å². The minimum Gasteiger partial charge on any atom is -0.466 e. The Kier molecular flexibility index (Phi) is 5.70. The smallest absolute Gasteiger partial charge is 0.309 e. The number of ether oxygens (including phenoxy) is 1. The maximum Gasteiger partial charge on any atom is 0.309 e. The van der Waals surface area contributed by atoms with Gasteiger partial charge in [0.2, 0.25) is 0 Å². The maximum atomic E-state index is 11.4. The van der Waals surface area contributed by atoms with Gasteiger partial charge in [0.1, 0.15) is 0 Å². The first-order valence-corrected chi connectivity index (χ1v) is 6.10. The van der Waals surface area contributed by atoms with Crippen molar-refractivity contribution in [2.45, 2.75) is 26.8 Å². The Morgan fingerprint density at radius 1 is 1.29 bits per heavy atom. The molecule has 94 valence electrons. The molecule has 0 aliphatic rings. The van der Waals surface area contributed by atoms with Crippen LogP contribution in [-0.4, -0.2) is 19.1 Å². The summed E-state index contributed by atoms with van der Waals surface area (Å²) < 4.78 is 4.96. The molecule has 0 aliphatic heterocycles. The van der Waals surface area contributed by atoms with Crippen LogP contribution in [0.15, 0.2) is 30.3 Å². The molecule has 1 aromatic carbocycles. The molecule has 0 saturated heterocycles. The summed E-state index contributed by atoms with van der Waals surface area (Å²) in [7, 11) is 0. The van der Waals surface area contributed by atoms with Crippen molar-refractivity contribution in [3.8, 4) is 0 Å². The van der Waals surface area contributed by atoms with Crippen LogP contribution in [0.4, 0.5) is 0 Å². The topological polar surface area (TPSA) is 38.3 Å². The third-order valence-electron chi connectivity index (χ3n) is 2.72. The molecule has 0 heterocycles. The Hall–Kier alpha value is -1.35. The second-order valence-electron chi connectivity index (χ2n) is 4.19. The lowest BCUT2D eigenvalue weighted by atomic mass is 10.1. The molecular formula is C14H21NO2. The van der Waals surface area contributed by atoms with E-state index in [4.69, 9.17) is 4.74 Å². The van der Waals surface area contributed by atoms with Crippen molar-refractivity contribution in [1.82, 2.24) is 5.32 Å². The van der Waals surface area contributed by atoms with Gasteiger partial charge in [-0.15, -0.1) is 0 Å². The average Bonchev–Trinajstić information content (AvgIpc) is 2.36. The summed E-state index contributed by atoms with van der Waals surface area (Å²) >= 11 is 0. The van der Waals surface area contributed by atoms with Gasteiger partial charge in [0.05, 0.1) is 12.5 Å². The van der Waals surface area contributed by atoms with Gasteiger partial charge >= 0.3 is 5.97 Å². The first-order valence-electron chi connectivity index (χ1n) is 6.10. The molecule has 0 radical (unpaired) electrons. The van der Waals surface area contributed by atoms with E-state index in [0.717, 1.165) is 0 Å². The number of carbonyl (C=O) groups is 1. The van der Waals surface area contributed by atoms with Crippen molar-refractivity contribution in [3.63, 3.8) is 0 Å². The van der Waals surface area contributed by atoms with Crippen molar-refractivity contribution < 1.29 is 9.53 Å². The molecule has 0 spiro atoms. The van der Waals surface area contributed by atoms with Gasteiger partial charge in [0.15, 0.2) is 0 Å². The summed E-state index contributed by atoms with van der Waals surface area (Å²) in [5, 5.41) is 3.34. The van der Waals surface area contributed by atoms with Crippen LogP contribution in [0.2, 0.25) is 0 Å². The van der Waals surface area contributed by atoms with Crippen molar-refractivity contribution in [1.29, 1.82) is 0 Å². The third-order valence-corrected chi connectivity index (χ3v) is 2.72. The maximum absolute atomic E-state index is 11.4. The van der Waals surface area contributed by atoms with E-state index < -0.39 is 0 Å². The van der Waals surface area contributed by atoms with E-state index in [-0.39, 0.29) is 17.9 Å². The van der Waals surface area contributed by atoms with Crippen LogP contribution in [0, 0.1) is 5.92 Å². The fourth-order valence-corrected chi connectivity index (χ4v) is 1.58. The summed E-state index contributed by atoms with van der Waals surface area (Å²) in [6.07, 6.45) is 0. The average molecular weight is 235 g/mol. The quantitative estimate of drug-likeness (QED) is 0.770. The van der Waals surface area contributed by atoms with Crippen molar-refractivity contribution in [3.05, 3.63) is 35.9 Å². The molecule has 3 heteroatoms. The molecule has 1 rings (SSSR count). The second kappa shape index (κ2) is 7.07. The van der Waals surface area contributed by atoms with Crippen LogP contribution in [0.25, 0.3) is 0 Å². The number of hydrogen-bond acceptors (Lipinski definition) is 3. The lowest BCUT2D eigenvalue weighted by molar-refractivity contribution is -0.147. The zero-order valence-electron chi connectivity index (χ0n) is 10.8. The second-order valence-corrected chi connectivity index (χ2v) is 4.19. The zero-order valence-corrected chi connectivity index (χ0v) is 10.8. The van der Waals surface area contributed by atoms with Gasteiger partial charge in [-0.2, -0.15) is 0 Å². The van der Waals surface area contributed by atoms with Crippen molar-refractivity contribution >= 4 is 5.97 Å². The molecule has 0 saturated carbocycles. The zero-order chi connectivity index (χ0) is 12.7. The fourth-order valence-electron chi connectivity index (χ4n) is 1.58. The molecule has 0 bridgehead atoms. The van der Waals surface area contributed by atoms with Crippen molar-refractivity contribution in [2.24, 2.45) is 5.92 Å². The number of rotatable bonds is 6. The predicted octanol–water partition coefficient (Wildman–Crippen LogP) is 2.54. The molecule has 0 fully saturated rings. The van der Waals surface area contributed by atoms with Crippen LogP contribution >= 0.6 is 0 Å². The highest BCUT2D eigenvalue weighted by atomic mass is 16.5. The highest BCUT2D eigenvalue weighted by Gasteiger charge is 2.14. The Balaban J connectivity index is 2.38. The minimum absolute atomic E-state index is 0.110. The molecule has 17 heavy (non-hydrogen) atoms. The number of esters is 1. The lowest BCUT2D eigenvalue weighted by Gasteiger charge is -2.17. The number of benzene rings is 1. The van der Waals surface area contributed by atoms with E-state index in [1.165, 1.54) is 5.56 Å². The third kappa shape index (κ3) is 4.57. The molecule has 2 atom stereocenters. The molecule has 1 N–H and O–H groups in total. The van der Waals surface area contributed by atoms with Crippen LogP contribution < -0.4 is 5.32 Å². The normalized spacial score (nSPS) is 14.1. The SMILES string of the molecule is CCOC(=O)C(C)CNC(C)c1ccccc1. The summed E-state index contributed by atoms with van der Waals surface area (Å²) in [4.78, 5) is 11.4. The summed E-state index contributed by atoms with van der Waals surface area (Å²) in [5.74, 6) is -0.249. The molecule has 2 unspecified atom stereocenters. The van der Waals surface area contributed by atoms with Gasteiger partial charge in [0, 0.05) is 12.6 Å². The van der Waals surface area contributed by atoms with E-state index in [9.17, 15) is 4.79 Å². The first-order chi connectivity index (χ1) is 8.15. The fraction of sp³-hybridized carbons (Fsp3) is 0.500. The van der Waals surface area contributed by atoms with Gasteiger partial charge in [-0.1, -0.05) is 37.3 Å². The molecule has 3 nitrogen and oxygen atoms in total. The molecule has 1 aromatic rings. The Morgan fingerprint density at radius 3 is 2.53 bits per heavy atom. The highest BCUT2D eigenvalue weighted by Crippen LogP contribution is 2.11. The Bertz CT molecular complexity index is 337. The molecular weight excluding hydrogens is 214 g/mol. The van der Waals surface area contributed by atoms with Crippen LogP contribution in [0.5, 0.6) is 0 Å². The van der Waals surface area contributed by atoms with Gasteiger partial charge in [-0.05, 0) is 19.4 Å². The minimum atomic E-state index is -0.139. The number of carbonyl (C=O) groups excluding carboxylic acids is 1. The first kappa shape index (κ1) is 13.7. The van der Waals surface area contributed by atoms with E-state index >= 15 is 0 Å². The van der Waals surface area contributed by atoms with Gasteiger partial charge in [0.25, 0.3) is 0 Å². The van der Waals surface area contributed by atoms with Gasteiger partial charge < -0.3 is 10.1 Å². The van der Waals surface area contributed by atoms with Gasteiger partial charge in [-0.25, -0.2) is 0 Å². The predicted molar refractivity (Wildman–Crippen MR) is 68.7 cm³/mol. The lowest BCUT2D eigenvalue weighted by Crippen LogP contribution is -2.29. The number of hydrogen-bond donors (Lipinski definition) is 1. The highest BCUT2D eigenvalue weighted by molar-refractivity contribution is 5.72. The van der Waals surface area contributed by atoms with Crippen LogP contribution in [0.3, 0.4) is 0 Å². The Labute approximate surface area is 103 Å². The number of nitrogens with one attached hydrogen (secondary N) is 1. The summed E-state index contributed by atoms with van der Waals surface area (Å²) in [6, 6.07) is 10.4. The van der Waals surface area contributed by atoms with Gasteiger partial charge in [-0.3, -0.25) is 4.79 Å². The Morgan fingerprint density at radius 2 is 1.94 bits per heavy atom. The largest absolute Gasteiger partial charge is 0.466 e. The van der Waals surface area contributed by atoms with Crippen LogP contribution in [0.1, 0.15) is 32.4 Å². The summed E-state index contributed by atoms with van der Waals surface area (Å²) in [6.45, 7) is 6.87. The standard InChI is InChI=1S/C14H21NO2/c1-4-17-14(16)11(2)10-15-12(3)13-8-6-5-7-9-13/h5-9,11-12,15H,4,10H2,1-3H3. The van der Waals surface area contributed by atoms with Crippen molar-refractivity contribution in [2.75, 3.05) is 13.2 Å². The molecule has 0 aliphatic carbocycles. The van der Waals surface area contributed by atoms with E-state index in [0.29, 0.717) is 13.2 Å². The van der Waals surface area contributed by atoms with E-state index in [1.807, 2.05) is 32.0 Å². The summed E-state index contributed by atoms with van der Waals surface area (Å²) in [5.41, 5.74) is 1.23. The molecule has 0 amide bonds. The van der Waals surface area contributed by atoms with E-state index in [2.05, 4.69) is 24.4 Å².